The number of aliphatic hydroxyl groups excluding tert-OH is 1. The third kappa shape index (κ3) is 16.3. The molecule has 0 unspecified atom stereocenters. The molecule has 4 aromatic rings. The fourth-order valence-corrected chi connectivity index (χ4v) is 5.39. The predicted molar refractivity (Wildman–Crippen MR) is 181 cm³/mol. The summed E-state index contributed by atoms with van der Waals surface area (Å²) in [5.74, 6) is -2.17. The molecule has 5 rings (SSSR count). The van der Waals surface area contributed by atoms with Gasteiger partial charge in [-0.1, -0.05) is 62.5 Å². The number of halogens is 7. The summed E-state index contributed by atoms with van der Waals surface area (Å²) in [6.45, 7) is 9.53. The zero-order chi connectivity index (χ0) is 37.8. The summed E-state index contributed by atoms with van der Waals surface area (Å²) in [4.78, 5) is 19.4. The van der Waals surface area contributed by atoms with Crippen LogP contribution in [-0.2, 0) is 22.5 Å². The van der Waals surface area contributed by atoms with E-state index in [-0.39, 0.29) is 179 Å². The van der Waals surface area contributed by atoms with E-state index >= 15 is 0 Å². The van der Waals surface area contributed by atoms with Gasteiger partial charge in [0.15, 0.2) is 0 Å². The Hall–Kier alpha value is 0.114. The van der Waals surface area contributed by atoms with E-state index < -0.39 is 28.7 Å². The Morgan fingerprint density at radius 2 is 1.42 bits per heavy atom. The van der Waals surface area contributed by atoms with Crippen molar-refractivity contribution in [3.63, 3.8) is 0 Å². The molecule has 0 spiro atoms. The molecule has 1 aliphatic rings. The van der Waals surface area contributed by atoms with Crippen LogP contribution < -0.4 is 148 Å². The van der Waals surface area contributed by atoms with Crippen molar-refractivity contribution in [2.45, 2.75) is 47.5 Å². The molecular formula is C35H34Cl3Cs2F4N3O5. The zero-order valence-electron chi connectivity index (χ0n) is 30.6. The minimum atomic E-state index is -0.707. The normalized spacial score (nSPS) is 12.1. The van der Waals surface area contributed by atoms with Crippen molar-refractivity contribution in [1.82, 2.24) is 9.97 Å². The number of nitriles is 1. The van der Waals surface area contributed by atoms with Gasteiger partial charge in [0.2, 0.25) is 5.88 Å². The fraction of sp³-hybridized carbons (Fsp3) is 0.314. The number of benzene rings is 2. The largest absolute Gasteiger partial charge is 1.00 e. The van der Waals surface area contributed by atoms with Gasteiger partial charge in [-0.25, -0.2) is 27.5 Å². The summed E-state index contributed by atoms with van der Waals surface area (Å²) >= 11 is 18.1. The summed E-state index contributed by atoms with van der Waals surface area (Å²) in [5.41, 5.74) is 2.38. The number of nitrogens with zero attached hydrogens (tertiary/aromatic N) is 3. The van der Waals surface area contributed by atoms with E-state index in [9.17, 15) is 22.7 Å². The van der Waals surface area contributed by atoms with Crippen molar-refractivity contribution < 1.29 is 182 Å². The maximum Gasteiger partial charge on any atom is 1.00 e. The third-order valence-electron chi connectivity index (χ3n) is 6.92. The van der Waals surface area contributed by atoms with Crippen LogP contribution in [0.4, 0.5) is 17.6 Å². The van der Waals surface area contributed by atoms with Crippen molar-refractivity contribution in [3.05, 3.63) is 98.4 Å². The van der Waals surface area contributed by atoms with Gasteiger partial charge in [-0.05, 0) is 71.3 Å². The maximum absolute atomic E-state index is 14.1. The first kappa shape index (κ1) is 52.1. The molecule has 0 amide bonds. The molecule has 52 heavy (non-hydrogen) atoms. The van der Waals surface area contributed by atoms with E-state index in [1.165, 1.54) is 37.3 Å². The molecule has 2 aromatic heterocycles. The predicted octanol–water partition coefficient (Wildman–Crippen LogP) is 2.62. The second-order valence-corrected chi connectivity index (χ2v) is 13.5. The molecule has 0 saturated heterocycles. The Morgan fingerprint density at radius 3 is 1.88 bits per heavy atom. The maximum atomic E-state index is 14.1. The number of pyridine rings is 2. The first-order chi connectivity index (χ1) is 23.4. The average molecular weight is 1020 g/mol. The van der Waals surface area contributed by atoms with Gasteiger partial charge >= 0.3 is 138 Å². The van der Waals surface area contributed by atoms with Crippen molar-refractivity contribution in [3.8, 4) is 34.2 Å². The second kappa shape index (κ2) is 24.7. The number of hydrogen-bond acceptors (Lipinski definition) is 8. The van der Waals surface area contributed by atoms with Crippen LogP contribution in [0.2, 0.25) is 15.5 Å². The van der Waals surface area contributed by atoms with Crippen LogP contribution in [0.1, 0.15) is 47.2 Å². The third-order valence-corrected chi connectivity index (χ3v) is 7.62. The van der Waals surface area contributed by atoms with E-state index in [2.05, 4.69) is 28.7 Å². The number of carbonyl (C=O) groups excluding carboxylic acids is 1. The molecule has 17 heteroatoms. The molecule has 0 radical (unpaired) electrons. The van der Waals surface area contributed by atoms with Gasteiger partial charge < -0.3 is 21.4 Å². The van der Waals surface area contributed by atoms with Gasteiger partial charge in [-0.15, -0.1) is 0 Å². The zero-order valence-corrected chi connectivity index (χ0v) is 44.4. The quantitative estimate of drug-likeness (QED) is 0.103. The van der Waals surface area contributed by atoms with Crippen molar-refractivity contribution in [1.29, 1.82) is 5.26 Å². The van der Waals surface area contributed by atoms with Gasteiger partial charge in [0, 0.05) is 47.8 Å². The van der Waals surface area contributed by atoms with Crippen molar-refractivity contribution >= 4 is 41.3 Å². The van der Waals surface area contributed by atoms with Crippen molar-refractivity contribution in [2.24, 2.45) is 10.8 Å². The fourth-order valence-electron chi connectivity index (χ4n) is 4.71. The van der Waals surface area contributed by atoms with Crippen LogP contribution in [0.5, 0.6) is 5.88 Å². The molecule has 0 atom stereocenters. The Kier molecular flexibility index (Phi) is 24.7. The molecule has 0 aliphatic carbocycles. The first-order valence-corrected chi connectivity index (χ1v) is 15.8. The molecule has 3 heterocycles. The van der Waals surface area contributed by atoms with Crippen LogP contribution in [0.25, 0.3) is 22.3 Å². The van der Waals surface area contributed by atoms with Gasteiger partial charge in [-0.2, -0.15) is 5.26 Å². The van der Waals surface area contributed by atoms with E-state index in [0.717, 1.165) is 17.7 Å². The molecule has 0 bridgehead atoms. The van der Waals surface area contributed by atoms with Crippen LogP contribution in [0.15, 0.2) is 48.5 Å². The van der Waals surface area contributed by atoms with Gasteiger partial charge in [0.05, 0.1) is 12.7 Å². The summed E-state index contributed by atoms with van der Waals surface area (Å²) in [6, 6.07) is 11.7. The summed E-state index contributed by atoms with van der Waals surface area (Å²) in [7, 11) is 0. The molecule has 1 N–H and O–H groups in total. The number of rotatable bonds is 6. The molecular weight excluding hydrogens is 991 g/mol. The van der Waals surface area contributed by atoms with Gasteiger partial charge in [-0.3, -0.25) is 4.79 Å². The molecule has 0 saturated carbocycles. The average Bonchev–Trinajstić information content (AvgIpc) is 3.03. The van der Waals surface area contributed by atoms with E-state index in [4.69, 9.17) is 54.9 Å². The number of carbonyl (C=O) groups is 1. The Labute approximate surface area is 434 Å². The molecule has 0 fully saturated rings. The summed E-state index contributed by atoms with van der Waals surface area (Å²) in [5, 5.41) is 25.7. The molecule has 8 nitrogen and oxygen atoms in total. The van der Waals surface area contributed by atoms with E-state index in [1.807, 2.05) is 13.8 Å². The van der Waals surface area contributed by atoms with Crippen molar-refractivity contribution in [2.75, 3.05) is 13.2 Å². The summed E-state index contributed by atoms with van der Waals surface area (Å²) < 4.78 is 60.0. The standard InChI is InChI=1S/C16H15Cl2F2NO.C16H14ClF2NO.C2H3N.CH2O3.2Cs.H/c1-16(2,8-22)7-12-11(6-14(17)21-15(12)18)10-4-3-9(19)5-13(10)20;1-16(2)7-12-11(6-14(17)20-15(12)21-8-16)10-4-3-9(18)5-13(10)19;1-2-3;2-1-4-3;;;/h3-6,22H,7-8H2,1-2H3;3-6H,7-8H2,1-2H3;1H3;1,3H;;;/q;;;;2*+1;-1/p-1. The smallest absolute Gasteiger partial charge is 1.00 e. The molecule has 270 valence electrons. The minimum absolute atomic E-state index is 0. The minimum Gasteiger partial charge on any atom is -1.00 e. The first-order valence-electron chi connectivity index (χ1n) is 14.6. The number of ether oxygens (including phenoxy) is 1. The second-order valence-electron chi connectivity index (χ2n) is 12.3. The Bertz CT molecular complexity index is 1860. The van der Waals surface area contributed by atoms with Crippen LogP contribution in [0, 0.1) is 45.4 Å². The van der Waals surface area contributed by atoms with Gasteiger partial charge in [0.25, 0.3) is 6.47 Å². The summed E-state index contributed by atoms with van der Waals surface area (Å²) in [6.07, 6.45) is 1.07. The SMILES string of the molecule is CC#N.CC(C)(CO)Cc1c(-c2ccc(F)cc2F)cc(Cl)nc1Cl.CC1(C)COc2nc(Cl)cc(-c3ccc(F)cc3F)c2C1.O=CO[O-].[Cs+].[Cs+].[H-]. The van der Waals surface area contributed by atoms with E-state index in [1.54, 1.807) is 12.1 Å². The molecule has 2 aromatic carbocycles. The monoisotopic (exact) mass is 1020 g/mol. The molecule has 1 aliphatic heterocycles. The number of aliphatic hydroxyl groups is 1. The Balaban J connectivity index is 0. The van der Waals surface area contributed by atoms with Gasteiger partial charge in [0.1, 0.15) is 38.7 Å². The van der Waals surface area contributed by atoms with Crippen LogP contribution >= 0.6 is 34.8 Å². The topological polar surface area (TPSA) is 128 Å². The van der Waals surface area contributed by atoms with E-state index in [0.29, 0.717) is 47.6 Å². The van der Waals surface area contributed by atoms with Crippen LogP contribution in [-0.4, -0.2) is 34.8 Å². The van der Waals surface area contributed by atoms with Crippen LogP contribution in [0.3, 0.4) is 0 Å². The number of hydrogen-bond donors (Lipinski definition) is 1. The Morgan fingerprint density at radius 1 is 0.962 bits per heavy atom. The number of fused-ring (bicyclic) bond motifs is 1. The number of aromatic nitrogens is 2.